The van der Waals surface area contributed by atoms with Gasteiger partial charge in [-0.3, -0.25) is 9.79 Å². The van der Waals surface area contributed by atoms with Crippen molar-refractivity contribution in [2.45, 2.75) is 32.4 Å². The second kappa shape index (κ2) is 11.2. The number of guanidine groups is 1. The molecule has 1 fully saturated rings. The van der Waals surface area contributed by atoms with Crippen molar-refractivity contribution < 1.29 is 18.7 Å². The smallest absolute Gasteiger partial charge is 0.410 e. The van der Waals surface area contributed by atoms with Crippen LogP contribution in [-0.4, -0.2) is 67.7 Å². The molecule has 1 aliphatic rings. The van der Waals surface area contributed by atoms with Gasteiger partial charge in [0.25, 0.3) is 5.91 Å². The monoisotopic (exact) mass is 521 g/mol. The third-order valence-electron chi connectivity index (χ3n) is 3.92. The van der Waals surface area contributed by atoms with E-state index in [4.69, 9.17) is 4.74 Å². The highest BCUT2D eigenvalue weighted by atomic mass is 127. The van der Waals surface area contributed by atoms with E-state index in [1.807, 2.05) is 20.8 Å². The zero-order valence-corrected chi connectivity index (χ0v) is 19.5. The summed E-state index contributed by atoms with van der Waals surface area (Å²) in [6.07, 6.45) is -0.329. The van der Waals surface area contributed by atoms with Gasteiger partial charge in [0.1, 0.15) is 11.4 Å². The van der Waals surface area contributed by atoms with Gasteiger partial charge in [0.15, 0.2) is 5.96 Å². The number of halogens is 2. The van der Waals surface area contributed by atoms with Crippen molar-refractivity contribution in [1.29, 1.82) is 0 Å². The summed E-state index contributed by atoms with van der Waals surface area (Å²) in [6, 6.07) is 5.91. The number of carbonyl (C=O) groups excluding carboxylic acids is 2. The molecule has 8 nitrogen and oxygen atoms in total. The minimum absolute atomic E-state index is 0. The van der Waals surface area contributed by atoms with Gasteiger partial charge in [0.05, 0.1) is 11.6 Å². The molecule has 162 valence electrons. The van der Waals surface area contributed by atoms with E-state index >= 15 is 0 Å². The average Bonchev–Trinajstić information content (AvgIpc) is 2.57. The van der Waals surface area contributed by atoms with Crippen LogP contribution >= 0.6 is 24.0 Å². The third kappa shape index (κ3) is 8.03. The molecule has 0 aliphatic carbocycles. The van der Waals surface area contributed by atoms with Crippen LogP contribution in [0.5, 0.6) is 0 Å². The number of nitrogens with zero attached hydrogens (tertiary/aromatic N) is 2. The molecule has 1 aliphatic heterocycles. The Labute approximate surface area is 187 Å². The molecule has 2 rings (SSSR count). The molecule has 0 saturated carbocycles. The van der Waals surface area contributed by atoms with Gasteiger partial charge in [0.2, 0.25) is 0 Å². The number of hydrogen-bond acceptors (Lipinski definition) is 4. The minimum Gasteiger partial charge on any atom is -0.444 e. The number of likely N-dealkylation sites (tertiary alicyclic amines) is 1. The van der Waals surface area contributed by atoms with Crippen molar-refractivity contribution in [2.24, 2.45) is 4.99 Å². The molecule has 0 unspecified atom stereocenters. The van der Waals surface area contributed by atoms with Gasteiger partial charge in [-0.25, -0.2) is 9.18 Å². The van der Waals surface area contributed by atoms with Crippen LogP contribution in [-0.2, 0) is 4.74 Å². The van der Waals surface area contributed by atoms with Crippen molar-refractivity contribution in [1.82, 2.24) is 20.9 Å². The zero-order chi connectivity index (χ0) is 20.7. The lowest BCUT2D eigenvalue weighted by atomic mass is 10.1. The van der Waals surface area contributed by atoms with Gasteiger partial charge < -0.3 is 25.6 Å². The summed E-state index contributed by atoms with van der Waals surface area (Å²) in [5.41, 5.74) is -0.498. The van der Waals surface area contributed by atoms with Crippen LogP contribution in [0.15, 0.2) is 29.3 Å². The summed E-state index contributed by atoms with van der Waals surface area (Å²) in [4.78, 5) is 29.6. The van der Waals surface area contributed by atoms with E-state index in [-0.39, 0.29) is 41.7 Å². The molecular weight excluding hydrogens is 492 g/mol. The fourth-order valence-electron chi connectivity index (χ4n) is 2.53. The summed E-state index contributed by atoms with van der Waals surface area (Å²) in [7, 11) is 1.64. The first-order valence-electron chi connectivity index (χ1n) is 9.17. The topological polar surface area (TPSA) is 95.1 Å². The van der Waals surface area contributed by atoms with E-state index in [0.29, 0.717) is 32.1 Å². The van der Waals surface area contributed by atoms with Crippen molar-refractivity contribution in [3.63, 3.8) is 0 Å². The van der Waals surface area contributed by atoms with Crippen LogP contribution in [0.25, 0.3) is 0 Å². The lowest BCUT2D eigenvalue weighted by molar-refractivity contribution is 0.00701. The van der Waals surface area contributed by atoms with Crippen molar-refractivity contribution in [3.05, 3.63) is 35.6 Å². The second-order valence-electron chi connectivity index (χ2n) is 7.46. The van der Waals surface area contributed by atoms with E-state index in [1.165, 1.54) is 18.2 Å². The van der Waals surface area contributed by atoms with Gasteiger partial charge in [0, 0.05) is 33.2 Å². The number of nitrogens with one attached hydrogen (secondary N) is 3. The number of aliphatic imine (C=N–C) groups is 1. The summed E-state index contributed by atoms with van der Waals surface area (Å²) in [6.45, 7) is 7.27. The van der Waals surface area contributed by atoms with Crippen LogP contribution in [0.2, 0.25) is 0 Å². The Morgan fingerprint density at radius 2 is 1.83 bits per heavy atom. The Morgan fingerprint density at radius 1 is 1.21 bits per heavy atom. The van der Waals surface area contributed by atoms with Crippen LogP contribution in [0.3, 0.4) is 0 Å². The largest absolute Gasteiger partial charge is 0.444 e. The fraction of sp³-hybridized carbons (Fsp3) is 0.526. The molecule has 1 saturated heterocycles. The molecule has 0 aromatic heterocycles. The van der Waals surface area contributed by atoms with Gasteiger partial charge in [-0.2, -0.15) is 0 Å². The summed E-state index contributed by atoms with van der Waals surface area (Å²) < 4.78 is 18.9. The normalized spacial score (nSPS) is 14.4. The van der Waals surface area contributed by atoms with E-state index in [9.17, 15) is 14.0 Å². The van der Waals surface area contributed by atoms with E-state index in [2.05, 4.69) is 20.9 Å². The van der Waals surface area contributed by atoms with Gasteiger partial charge in [-0.1, -0.05) is 12.1 Å². The summed E-state index contributed by atoms with van der Waals surface area (Å²) >= 11 is 0. The fourth-order valence-corrected chi connectivity index (χ4v) is 2.53. The Bertz CT molecular complexity index is 733. The molecule has 1 aromatic rings. The van der Waals surface area contributed by atoms with Crippen LogP contribution in [0.1, 0.15) is 31.1 Å². The molecule has 1 heterocycles. The lowest BCUT2D eigenvalue weighted by Gasteiger charge is -2.40. The molecule has 29 heavy (non-hydrogen) atoms. The first-order valence-corrected chi connectivity index (χ1v) is 9.17. The second-order valence-corrected chi connectivity index (χ2v) is 7.46. The Kier molecular flexibility index (Phi) is 9.60. The number of ether oxygens (including phenoxy) is 1. The molecular formula is C19H29FIN5O3. The number of carbonyl (C=O) groups is 2. The van der Waals surface area contributed by atoms with Crippen LogP contribution in [0.4, 0.5) is 9.18 Å². The molecule has 0 spiro atoms. The SMILES string of the molecule is CN=C(NCCNC(=O)c1ccccc1F)NC1CN(C(=O)OC(C)(C)C)C1.I. The predicted octanol–water partition coefficient (Wildman–Crippen LogP) is 1.96. The molecule has 0 radical (unpaired) electrons. The van der Waals surface area contributed by atoms with E-state index in [0.717, 1.165) is 0 Å². The highest BCUT2D eigenvalue weighted by Crippen LogP contribution is 2.15. The number of hydrogen-bond donors (Lipinski definition) is 3. The number of amides is 2. The van der Waals surface area contributed by atoms with Gasteiger partial charge in [-0.05, 0) is 32.9 Å². The first-order chi connectivity index (χ1) is 13.2. The predicted molar refractivity (Wildman–Crippen MR) is 120 cm³/mol. The Morgan fingerprint density at radius 3 is 2.41 bits per heavy atom. The maximum atomic E-state index is 13.6. The first kappa shape index (κ1) is 24.9. The highest BCUT2D eigenvalue weighted by molar-refractivity contribution is 14.0. The van der Waals surface area contributed by atoms with Crippen molar-refractivity contribution >= 4 is 41.9 Å². The summed E-state index contributed by atoms with van der Waals surface area (Å²) in [5.74, 6) is -0.450. The van der Waals surface area contributed by atoms with Gasteiger partial charge >= 0.3 is 6.09 Å². The molecule has 2 amide bonds. The average molecular weight is 521 g/mol. The Hall–Kier alpha value is -2.11. The number of rotatable bonds is 5. The maximum Gasteiger partial charge on any atom is 0.410 e. The van der Waals surface area contributed by atoms with Crippen molar-refractivity contribution in [3.8, 4) is 0 Å². The standard InChI is InChI=1S/C19H28FN5O3.HI/c1-19(2,3)28-18(27)25-11-13(12-25)24-17(21-4)23-10-9-22-16(26)14-7-5-6-8-15(14)20;/h5-8,13H,9-12H2,1-4H3,(H,22,26)(H2,21,23,24);1H. The quantitative estimate of drug-likeness (QED) is 0.239. The van der Waals surface area contributed by atoms with E-state index < -0.39 is 17.3 Å². The van der Waals surface area contributed by atoms with Crippen LogP contribution < -0.4 is 16.0 Å². The molecule has 3 N–H and O–H groups in total. The summed E-state index contributed by atoms with van der Waals surface area (Å²) in [5, 5.41) is 8.92. The molecule has 1 aromatic carbocycles. The van der Waals surface area contributed by atoms with E-state index in [1.54, 1.807) is 18.0 Å². The lowest BCUT2D eigenvalue weighted by Crippen LogP contribution is -2.63. The third-order valence-corrected chi connectivity index (χ3v) is 3.92. The maximum absolute atomic E-state index is 13.6. The van der Waals surface area contributed by atoms with Crippen LogP contribution in [0, 0.1) is 5.82 Å². The van der Waals surface area contributed by atoms with Gasteiger partial charge in [-0.15, -0.1) is 24.0 Å². The number of benzene rings is 1. The molecule has 0 atom stereocenters. The highest BCUT2D eigenvalue weighted by Gasteiger charge is 2.34. The Balaban J connectivity index is 0.00000420. The molecule has 0 bridgehead atoms. The molecule has 10 heteroatoms. The minimum atomic E-state index is -0.551. The zero-order valence-electron chi connectivity index (χ0n) is 17.1. The van der Waals surface area contributed by atoms with Crippen molar-refractivity contribution in [2.75, 3.05) is 33.2 Å².